The van der Waals surface area contributed by atoms with E-state index in [2.05, 4.69) is 71.2 Å². The van der Waals surface area contributed by atoms with Crippen LogP contribution >= 0.6 is 15.9 Å². The first-order chi connectivity index (χ1) is 10.1. The fourth-order valence-electron chi connectivity index (χ4n) is 3.41. The van der Waals surface area contributed by atoms with Crippen molar-refractivity contribution in [2.75, 3.05) is 19.6 Å². The Kier molecular flexibility index (Phi) is 6.72. The van der Waals surface area contributed by atoms with E-state index >= 15 is 0 Å². The van der Waals surface area contributed by atoms with Crippen molar-refractivity contribution >= 4 is 15.9 Å². The minimum absolute atomic E-state index is 0.535. The standard InChI is InChI=1S/C18H29BrN2/c1-4-18(16-5-7-17(19)8-6-16)21(14(2)3)13-15-9-11-20-12-10-15/h5-8,14-15,18,20H,4,9-13H2,1-3H3. The zero-order valence-electron chi connectivity index (χ0n) is 13.6. The van der Waals surface area contributed by atoms with Crippen LogP contribution < -0.4 is 5.32 Å². The number of rotatable bonds is 6. The quantitative estimate of drug-likeness (QED) is 0.803. The maximum atomic E-state index is 3.54. The van der Waals surface area contributed by atoms with Gasteiger partial charge in [-0.1, -0.05) is 35.0 Å². The van der Waals surface area contributed by atoms with Crippen molar-refractivity contribution < 1.29 is 0 Å². The minimum Gasteiger partial charge on any atom is -0.317 e. The molecule has 21 heavy (non-hydrogen) atoms. The van der Waals surface area contributed by atoms with E-state index < -0.39 is 0 Å². The fourth-order valence-corrected chi connectivity index (χ4v) is 3.67. The summed E-state index contributed by atoms with van der Waals surface area (Å²) in [6, 6.07) is 10.0. The van der Waals surface area contributed by atoms with Gasteiger partial charge >= 0.3 is 0 Å². The van der Waals surface area contributed by atoms with Crippen molar-refractivity contribution in [3.8, 4) is 0 Å². The van der Waals surface area contributed by atoms with Gasteiger partial charge in [-0.15, -0.1) is 0 Å². The third-order valence-corrected chi connectivity index (χ3v) is 5.16. The molecule has 1 atom stereocenters. The van der Waals surface area contributed by atoms with Crippen LogP contribution in [0.15, 0.2) is 28.7 Å². The Morgan fingerprint density at radius 2 is 1.81 bits per heavy atom. The van der Waals surface area contributed by atoms with Gasteiger partial charge in [0.1, 0.15) is 0 Å². The van der Waals surface area contributed by atoms with Gasteiger partial charge in [0.25, 0.3) is 0 Å². The lowest BCUT2D eigenvalue weighted by Gasteiger charge is -2.38. The average Bonchev–Trinajstić information content (AvgIpc) is 2.49. The van der Waals surface area contributed by atoms with Crippen LogP contribution in [0.4, 0.5) is 0 Å². The van der Waals surface area contributed by atoms with Gasteiger partial charge in [0.2, 0.25) is 0 Å². The number of piperidine rings is 1. The molecule has 1 aromatic carbocycles. The normalized spacial score (nSPS) is 18.4. The Morgan fingerprint density at radius 1 is 1.19 bits per heavy atom. The molecule has 0 bridgehead atoms. The van der Waals surface area contributed by atoms with Gasteiger partial charge in [-0.25, -0.2) is 0 Å². The van der Waals surface area contributed by atoms with E-state index in [-0.39, 0.29) is 0 Å². The lowest BCUT2D eigenvalue weighted by atomic mass is 9.94. The molecule has 1 fully saturated rings. The lowest BCUT2D eigenvalue weighted by molar-refractivity contribution is 0.113. The Hall–Kier alpha value is -0.380. The first-order valence-electron chi connectivity index (χ1n) is 8.33. The molecule has 1 unspecified atom stereocenters. The van der Waals surface area contributed by atoms with Gasteiger partial charge in [-0.3, -0.25) is 4.90 Å². The molecule has 0 spiro atoms. The highest BCUT2D eigenvalue weighted by molar-refractivity contribution is 9.10. The summed E-state index contributed by atoms with van der Waals surface area (Å²) in [5.41, 5.74) is 1.45. The molecular weight excluding hydrogens is 324 g/mol. The summed E-state index contributed by atoms with van der Waals surface area (Å²) in [4.78, 5) is 2.71. The van der Waals surface area contributed by atoms with E-state index in [0.717, 1.165) is 10.4 Å². The maximum Gasteiger partial charge on any atom is 0.0348 e. The molecule has 0 radical (unpaired) electrons. The number of benzene rings is 1. The first-order valence-corrected chi connectivity index (χ1v) is 9.13. The van der Waals surface area contributed by atoms with Crippen LogP contribution in [0.3, 0.4) is 0 Å². The number of nitrogens with one attached hydrogen (secondary N) is 1. The second kappa shape index (κ2) is 8.30. The van der Waals surface area contributed by atoms with Gasteiger partial charge < -0.3 is 5.32 Å². The van der Waals surface area contributed by atoms with Crippen molar-refractivity contribution in [1.29, 1.82) is 0 Å². The number of hydrogen-bond acceptors (Lipinski definition) is 2. The summed E-state index contributed by atoms with van der Waals surface area (Å²) >= 11 is 3.54. The Bertz CT molecular complexity index is 410. The Balaban J connectivity index is 2.11. The van der Waals surface area contributed by atoms with E-state index in [1.807, 2.05) is 0 Å². The zero-order chi connectivity index (χ0) is 15.2. The summed E-state index contributed by atoms with van der Waals surface area (Å²) < 4.78 is 1.16. The predicted octanol–water partition coefficient (Wildman–Crippen LogP) is 4.61. The first kappa shape index (κ1) is 17.0. The van der Waals surface area contributed by atoms with E-state index in [9.17, 15) is 0 Å². The number of nitrogens with zero attached hydrogens (tertiary/aromatic N) is 1. The topological polar surface area (TPSA) is 15.3 Å². The van der Waals surface area contributed by atoms with Crippen LogP contribution in [-0.4, -0.2) is 30.6 Å². The summed E-state index contributed by atoms with van der Waals surface area (Å²) in [6.07, 6.45) is 3.81. The molecule has 1 saturated heterocycles. The molecule has 118 valence electrons. The molecule has 2 rings (SSSR count). The molecule has 1 N–H and O–H groups in total. The molecule has 0 aromatic heterocycles. The molecule has 1 heterocycles. The van der Waals surface area contributed by atoms with Crippen LogP contribution in [0.1, 0.15) is 51.6 Å². The molecule has 3 heteroatoms. The summed E-state index contributed by atoms with van der Waals surface area (Å²) in [6.45, 7) is 10.6. The monoisotopic (exact) mass is 352 g/mol. The Labute approximate surface area is 138 Å². The van der Waals surface area contributed by atoms with E-state index in [1.165, 1.54) is 44.5 Å². The molecule has 0 saturated carbocycles. The van der Waals surface area contributed by atoms with Gasteiger partial charge in [-0.2, -0.15) is 0 Å². The number of halogens is 1. The average molecular weight is 353 g/mol. The van der Waals surface area contributed by atoms with Crippen LogP contribution in [0, 0.1) is 5.92 Å². The molecule has 1 aromatic rings. The highest BCUT2D eigenvalue weighted by atomic mass is 79.9. The molecule has 1 aliphatic heterocycles. The van der Waals surface area contributed by atoms with Crippen LogP contribution in [0.2, 0.25) is 0 Å². The van der Waals surface area contributed by atoms with E-state index in [4.69, 9.17) is 0 Å². The maximum absolute atomic E-state index is 3.54. The predicted molar refractivity (Wildman–Crippen MR) is 94.6 cm³/mol. The third kappa shape index (κ3) is 4.80. The zero-order valence-corrected chi connectivity index (χ0v) is 15.2. The lowest BCUT2D eigenvalue weighted by Crippen LogP contribution is -2.41. The molecule has 2 nitrogen and oxygen atoms in total. The van der Waals surface area contributed by atoms with E-state index in [1.54, 1.807) is 0 Å². The van der Waals surface area contributed by atoms with Gasteiger partial charge in [0.05, 0.1) is 0 Å². The Morgan fingerprint density at radius 3 is 2.33 bits per heavy atom. The highest BCUT2D eigenvalue weighted by Crippen LogP contribution is 2.29. The smallest absolute Gasteiger partial charge is 0.0348 e. The molecular formula is C18H29BrN2. The molecule has 0 amide bonds. The third-order valence-electron chi connectivity index (χ3n) is 4.63. The van der Waals surface area contributed by atoms with Crippen molar-refractivity contribution in [3.05, 3.63) is 34.3 Å². The highest BCUT2D eigenvalue weighted by Gasteiger charge is 2.25. The van der Waals surface area contributed by atoms with Crippen molar-refractivity contribution in [1.82, 2.24) is 10.2 Å². The van der Waals surface area contributed by atoms with Crippen molar-refractivity contribution in [2.24, 2.45) is 5.92 Å². The van der Waals surface area contributed by atoms with Crippen LogP contribution in [0.25, 0.3) is 0 Å². The second-order valence-corrected chi connectivity index (χ2v) is 7.38. The summed E-state index contributed by atoms with van der Waals surface area (Å²) in [7, 11) is 0. The van der Waals surface area contributed by atoms with Crippen LogP contribution in [0.5, 0.6) is 0 Å². The number of hydrogen-bond donors (Lipinski definition) is 1. The van der Waals surface area contributed by atoms with Crippen molar-refractivity contribution in [2.45, 2.75) is 52.1 Å². The van der Waals surface area contributed by atoms with E-state index in [0.29, 0.717) is 12.1 Å². The fraction of sp³-hybridized carbons (Fsp3) is 0.667. The van der Waals surface area contributed by atoms with Gasteiger partial charge in [0.15, 0.2) is 0 Å². The van der Waals surface area contributed by atoms with Crippen molar-refractivity contribution in [3.63, 3.8) is 0 Å². The van der Waals surface area contributed by atoms with Crippen LogP contribution in [-0.2, 0) is 0 Å². The minimum atomic E-state index is 0.535. The largest absolute Gasteiger partial charge is 0.317 e. The van der Waals surface area contributed by atoms with Gasteiger partial charge in [-0.05, 0) is 69.8 Å². The molecule has 0 aliphatic carbocycles. The SMILES string of the molecule is CCC(c1ccc(Br)cc1)N(CC1CCNCC1)C(C)C. The molecule has 1 aliphatic rings. The van der Waals surface area contributed by atoms with Gasteiger partial charge in [0, 0.05) is 23.1 Å². The summed E-state index contributed by atoms with van der Waals surface area (Å²) in [5, 5.41) is 3.47. The second-order valence-electron chi connectivity index (χ2n) is 6.46. The summed E-state index contributed by atoms with van der Waals surface area (Å²) in [5.74, 6) is 0.846.